The van der Waals surface area contributed by atoms with E-state index in [0.29, 0.717) is 24.5 Å². The van der Waals surface area contributed by atoms with Crippen LogP contribution in [0.5, 0.6) is 0 Å². The Bertz CT molecular complexity index is 1030. The van der Waals surface area contributed by atoms with Crippen molar-refractivity contribution in [2.24, 2.45) is 0 Å². The van der Waals surface area contributed by atoms with Gasteiger partial charge in [-0.3, -0.25) is 18.9 Å². The Morgan fingerprint density at radius 1 is 1.25 bits per heavy atom. The lowest BCUT2D eigenvalue weighted by Crippen LogP contribution is -2.34. The van der Waals surface area contributed by atoms with E-state index in [9.17, 15) is 9.59 Å². The average Bonchev–Trinajstić information content (AvgIpc) is 2.67. The molecule has 1 atom stereocenters. The number of pyridine rings is 1. The first-order valence-corrected chi connectivity index (χ1v) is 9.89. The Hall–Kier alpha value is -2.51. The zero-order valence-electron chi connectivity index (χ0n) is 15.8. The molecule has 0 aliphatic rings. The molecule has 0 N–H and O–H groups in total. The van der Waals surface area contributed by atoms with Crippen molar-refractivity contribution in [2.75, 3.05) is 13.2 Å². The van der Waals surface area contributed by atoms with E-state index in [1.807, 2.05) is 42.2 Å². The third kappa shape index (κ3) is 4.85. The maximum atomic E-state index is 12.4. The Morgan fingerprint density at radius 3 is 2.82 bits per heavy atom. The van der Waals surface area contributed by atoms with Crippen molar-refractivity contribution >= 4 is 27.5 Å². The van der Waals surface area contributed by atoms with Crippen molar-refractivity contribution in [3.63, 3.8) is 0 Å². The smallest absolute Gasteiger partial charge is 0.320 e. The second-order valence-electron chi connectivity index (χ2n) is 6.46. The van der Waals surface area contributed by atoms with Gasteiger partial charge >= 0.3 is 5.97 Å². The van der Waals surface area contributed by atoms with Crippen LogP contribution in [0.4, 0.5) is 0 Å². The number of nitrogens with zero attached hydrogens (tertiary/aromatic N) is 3. The highest BCUT2D eigenvalue weighted by Crippen LogP contribution is 2.24. The Kier molecular flexibility index (Phi) is 6.59. The minimum absolute atomic E-state index is 0.0714. The molecular weight excluding hydrogens is 422 g/mol. The van der Waals surface area contributed by atoms with E-state index in [4.69, 9.17) is 4.74 Å². The Balaban J connectivity index is 1.92. The van der Waals surface area contributed by atoms with Crippen LogP contribution < -0.4 is 5.56 Å². The van der Waals surface area contributed by atoms with Gasteiger partial charge in [0.25, 0.3) is 5.56 Å². The molecule has 0 amide bonds. The molecular formula is C21H22BrN3O3. The lowest BCUT2D eigenvalue weighted by molar-refractivity contribution is -0.145. The van der Waals surface area contributed by atoms with Crippen molar-refractivity contribution in [1.82, 2.24) is 14.3 Å². The Morgan fingerprint density at radius 2 is 2.07 bits per heavy atom. The summed E-state index contributed by atoms with van der Waals surface area (Å²) in [6.45, 7) is 4.60. The molecule has 0 unspecified atom stereocenters. The van der Waals surface area contributed by atoms with Gasteiger partial charge in [-0.1, -0.05) is 34.1 Å². The minimum atomic E-state index is -0.304. The van der Waals surface area contributed by atoms with Crippen molar-refractivity contribution < 1.29 is 9.53 Å². The van der Waals surface area contributed by atoms with Crippen LogP contribution in [0.15, 0.2) is 64.0 Å². The molecule has 7 heteroatoms. The summed E-state index contributed by atoms with van der Waals surface area (Å²) in [6, 6.07) is 14.8. The molecule has 1 aromatic carbocycles. The predicted octanol–water partition coefficient (Wildman–Crippen LogP) is 3.58. The van der Waals surface area contributed by atoms with Crippen LogP contribution in [0.3, 0.4) is 0 Å². The van der Waals surface area contributed by atoms with Crippen molar-refractivity contribution in [1.29, 1.82) is 0 Å². The molecule has 146 valence electrons. The molecule has 0 saturated carbocycles. The molecule has 0 bridgehead atoms. The van der Waals surface area contributed by atoms with Crippen LogP contribution in [0.25, 0.3) is 5.65 Å². The van der Waals surface area contributed by atoms with Gasteiger partial charge in [-0.05, 0) is 43.7 Å². The fourth-order valence-corrected chi connectivity index (χ4v) is 3.49. The van der Waals surface area contributed by atoms with Gasteiger partial charge in [-0.15, -0.1) is 0 Å². The van der Waals surface area contributed by atoms with Gasteiger partial charge in [0.1, 0.15) is 5.65 Å². The van der Waals surface area contributed by atoms with E-state index < -0.39 is 0 Å². The number of rotatable bonds is 7. The van der Waals surface area contributed by atoms with Gasteiger partial charge in [0.05, 0.1) is 18.8 Å². The first-order chi connectivity index (χ1) is 13.5. The molecule has 6 nitrogen and oxygen atoms in total. The normalized spacial score (nSPS) is 12.3. The zero-order chi connectivity index (χ0) is 20.1. The molecule has 0 aliphatic carbocycles. The van der Waals surface area contributed by atoms with Gasteiger partial charge in [-0.25, -0.2) is 4.98 Å². The van der Waals surface area contributed by atoms with E-state index in [1.54, 1.807) is 25.3 Å². The summed E-state index contributed by atoms with van der Waals surface area (Å²) in [4.78, 5) is 31.1. The third-order valence-corrected chi connectivity index (χ3v) is 5.00. The monoisotopic (exact) mass is 443 g/mol. The maximum Gasteiger partial charge on any atom is 0.320 e. The molecule has 0 spiro atoms. The van der Waals surface area contributed by atoms with Crippen LogP contribution in [0, 0.1) is 0 Å². The van der Waals surface area contributed by atoms with E-state index in [-0.39, 0.29) is 24.1 Å². The maximum absolute atomic E-state index is 12.4. The number of hydrogen-bond donors (Lipinski definition) is 0. The summed E-state index contributed by atoms with van der Waals surface area (Å²) in [5.41, 5.74) is 2.10. The van der Waals surface area contributed by atoms with Crippen LogP contribution in [0.2, 0.25) is 0 Å². The summed E-state index contributed by atoms with van der Waals surface area (Å²) in [5.74, 6) is -0.304. The number of ether oxygens (including phenoxy) is 1. The van der Waals surface area contributed by atoms with Crippen LogP contribution in [0.1, 0.15) is 31.1 Å². The lowest BCUT2D eigenvalue weighted by atomic mass is 10.1. The molecule has 0 saturated heterocycles. The molecule has 2 aromatic heterocycles. The van der Waals surface area contributed by atoms with Gasteiger partial charge in [-0.2, -0.15) is 0 Å². The van der Waals surface area contributed by atoms with Gasteiger partial charge in [0.2, 0.25) is 0 Å². The zero-order valence-corrected chi connectivity index (χ0v) is 17.4. The van der Waals surface area contributed by atoms with E-state index >= 15 is 0 Å². The largest absolute Gasteiger partial charge is 0.465 e. The fraction of sp³-hybridized carbons (Fsp3) is 0.286. The SMILES string of the molecule is CCOC(=O)CN(Cc1cc(=O)n2ccccc2n1)[C@H](C)c1cccc(Br)c1. The van der Waals surface area contributed by atoms with Crippen LogP contribution in [-0.2, 0) is 16.1 Å². The summed E-state index contributed by atoms with van der Waals surface area (Å²) < 4.78 is 7.60. The quantitative estimate of drug-likeness (QED) is 0.522. The number of carbonyl (C=O) groups is 1. The summed E-state index contributed by atoms with van der Waals surface area (Å²) in [7, 11) is 0. The third-order valence-electron chi connectivity index (χ3n) is 4.51. The predicted molar refractivity (Wildman–Crippen MR) is 111 cm³/mol. The summed E-state index contributed by atoms with van der Waals surface area (Å²) in [6.07, 6.45) is 1.69. The highest BCUT2D eigenvalue weighted by atomic mass is 79.9. The standard InChI is InChI=1S/C21H22BrN3O3/c1-3-28-21(27)14-24(15(2)16-7-6-8-17(22)11-16)13-18-12-20(26)25-10-5-4-9-19(25)23-18/h4-12,15H,3,13-14H2,1-2H3/t15-/m1/s1. The molecule has 0 radical (unpaired) electrons. The first-order valence-electron chi connectivity index (χ1n) is 9.10. The number of hydrogen-bond acceptors (Lipinski definition) is 5. The van der Waals surface area contributed by atoms with Gasteiger partial charge in [0.15, 0.2) is 0 Å². The number of fused-ring (bicyclic) bond motifs is 1. The molecule has 0 aliphatic heterocycles. The number of esters is 1. The highest BCUT2D eigenvalue weighted by molar-refractivity contribution is 9.10. The summed E-state index contributed by atoms with van der Waals surface area (Å²) >= 11 is 3.49. The number of aromatic nitrogens is 2. The number of benzene rings is 1. The van der Waals surface area contributed by atoms with E-state index in [0.717, 1.165) is 10.0 Å². The molecule has 0 fully saturated rings. The van der Waals surface area contributed by atoms with Crippen LogP contribution in [-0.4, -0.2) is 33.4 Å². The van der Waals surface area contributed by atoms with Gasteiger partial charge < -0.3 is 4.74 Å². The lowest BCUT2D eigenvalue weighted by Gasteiger charge is -2.28. The molecule has 3 aromatic rings. The number of carbonyl (C=O) groups excluding carboxylic acids is 1. The van der Waals surface area contributed by atoms with E-state index in [2.05, 4.69) is 20.9 Å². The highest BCUT2D eigenvalue weighted by Gasteiger charge is 2.21. The molecule has 3 rings (SSSR count). The Labute approximate surface area is 171 Å². The van der Waals surface area contributed by atoms with Crippen molar-refractivity contribution in [3.8, 4) is 0 Å². The van der Waals surface area contributed by atoms with Crippen molar-refractivity contribution in [3.05, 3.63) is 80.8 Å². The van der Waals surface area contributed by atoms with E-state index in [1.165, 1.54) is 10.5 Å². The van der Waals surface area contributed by atoms with Gasteiger partial charge in [0, 0.05) is 29.3 Å². The molecule has 28 heavy (non-hydrogen) atoms. The second-order valence-corrected chi connectivity index (χ2v) is 7.37. The average molecular weight is 444 g/mol. The fourth-order valence-electron chi connectivity index (χ4n) is 3.07. The van der Waals surface area contributed by atoms with Crippen LogP contribution >= 0.6 is 15.9 Å². The topological polar surface area (TPSA) is 63.9 Å². The summed E-state index contributed by atoms with van der Waals surface area (Å²) in [5, 5.41) is 0. The number of halogens is 1. The second kappa shape index (κ2) is 9.12. The van der Waals surface area contributed by atoms with Crippen molar-refractivity contribution in [2.45, 2.75) is 26.4 Å². The first kappa shape index (κ1) is 20.2. The molecule has 2 heterocycles. The minimum Gasteiger partial charge on any atom is -0.465 e.